The standard InChI is InChI=1S/C15H20BrNO/c1-11-6-13(8-14(16)7-11)12-2-4-17(5-3-12)15-9-18-10-15/h6-8,12,15H,2-5,9-10H2,1H3/i15D. The zero-order valence-electron chi connectivity index (χ0n) is 11.8. The van der Waals surface area contributed by atoms with E-state index in [-0.39, 0.29) is 0 Å². The second-order valence-electron chi connectivity index (χ2n) is 5.38. The Hall–Kier alpha value is -0.380. The summed E-state index contributed by atoms with van der Waals surface area (Å²) in [6.45, 7) is 5.33. The maximum atomic E-state index is 8.29. The van der Waals surface area contributed by atoms with E-state index in [0.717, 1.165) is 25.9 Å². The molecular weight excluding hydrogens is 290 g/mol. The van der Waals surface area contributed by atoms with Gasteiger partial charge in [-0.3, -0.25) is 4.90 Å². The monoisotopic (exact) mass is 310 g/mol. The Morgan fingerprint density at radius 1 is 1.28 bits per heavy atom. The number of nitrogens with zero attached hydrogens (tertiary/aromatic N) is 1. The predicted molar refractivity (Wildman–Crippen MR) is 77.0 cm³/mol. The van der Waals surface area contributed by atoms with Crippen molar-refractivity contribution in [2.45, 2.75) is 31.7 Å². The summed E-state index contributed by atoms with van der Waals surface area (Å²) < 4.78 is 14.7. The zero-order chi connectivity index (χ0) is 13.5. The first-order valence-electron chi connectivity index (χ1n) is 7.17. The van der Waals surface area contributed by atoms with Gasteiger partial charge in [-0.2, -0.15) is 0 Å². The molecule has 0 bridgehead atoms. The van der Waals surface area contributed by atoms with E-state index in [1.165, 1.54) is 15.6 Å². The lowest BCUT2D eigenvalue weighted by Gasteiger charge is -2.41. The van der Waals surface area contributed by atoms with Crippen LogP contribution in [0.15, 0.2) is 22.7 Å². The fraction of sp³-hybridized carbons (Fsp3) is 0.600. The average molecular weight is 311 g/mol. The van der Waals surface area contributed by atoms with Gasteiger partial charge < -0.3 is 4.74 Å². The quantitative estimate of drug-likeness (QED) is 0.830. The largest absolute Gasteiger partial charge is 0.378 e. The first-order chi connectivity index (χ1) is 9.07. The maximum Gasteiger partial charge on any atom is 0.0645 e. The molecule has 2 heterocycles. The van der Waals surface area contributed by atoms with Gasteiger partial charge in [-0.1, -0.05) is 22.0 Å². The normalized spacial score (nSPS) is 25.6. The number of halogens is 1. The van der Waals surface area contributed by atoms with Crippen LogP contribution in [0.25, 0.3) is 0 Å². The van der Waals surface area contributed by atoms with Crippen LogP contribution in [-0.4, -0.2) is 37.2 Å². The van der Waals surface area contributed by atoms with E-state index < -0.39 is 6.02 Å². The first kappa shape index (κ1) is 11.4. The molecule has 1 aromatic carbocycles. The number of hydrogen-bond acceptors (Lipinski definition) is 2. The maximum absolute atomic E-state index is 8.29. The van der Waals surface area contributed by atoms with Crippen LogP contribution in [0.1, 0.15) is 31.3 Å². The lowest BCUT2D eigenvalue weighted by molar-refractivity contribution is -0.0712. The molecule has 2 aliphatic rings. The molecule has 0 saturated carbocycles. The highest BCUT2D eigenvalue weighted by Crippen LogP contribution is 2.31. The van der Waals surface area contributed by atoms with Crippen molar-refractivity contribution in [1.82, 2.24) is 4.90 Å². The number of hydrogen-bond donors (Lipinski definition) is 0. The minimum atomic E-state index is -0.432. The molecule has 18 heavy (non-hydrogen) atoms. The SMILES string of the molecule is [2H]C1(N2CCC(c3cc(C)cc(Br)c3)CC2)COC1. The van der Waals surface area contributed by atoms with E-state index in [0.29, 0.717) is 19.1 Å². The third-order valence-electron chi connectivity index (χ3n) is 4.02. The van der Waals surface area contributed by atoms with Gasteiger partial charge in [0.25, 0.3) is 0 Å². The van der Waals surface area contributed by atoms with Gasteiger partial charge in [-0.05, 0) is 62.0 Å². The van der Waals surface area contributed by atoms with Crippen molar-refractivity contribution >= 4 is 15.9 Å². The van der Waals surface area contributed by atoms with E-state index in [9.17, 15) is 0 Å². The molecule has 0 N–H and O–H groups in total. The highest BCUT2D eigenvalue weighted by Gasteiger charge is 2.30. The van der Waals surface area contributed by atoms with Gasteiger partial charge in [0.1, 0.15) is 0 Å². The summed E-state index contributed by atoms with van der Waals surface area (Å²) in [5.41, 5.74) is 2.76. The second-order valence-corrected chi connectivity index (χ2v) is 6.30. The molecule has 0 radical (unpaired) electrons. The molecule has 0 spiro atoms. The fourth-order valence-corrected chi connectivity index (χ4v) is 3.53. The molecule has 2 nitrogen and oxygen atoms in total. The molecule has 1 aromatic rings. The Bertz CT molecular complexity index is 447. The summed E-state index contributed by atoms with van der Waals surface area (Å²) in [5, 5.41) is 0. The van der Waals surface area contributed by atoms with Crippen LogP contribution in [0.2, 0.25) is 0 Å². The predicted octanol–water partition coefficient (Wildman–Crippen LogP) is 3.34. The topological polar surface area (TPSA) is 12.5 Å². The van der Waals surface area contributed by atoms with Crippen LogP contribution < -0.4 is 0 Å². The van der Waals surface area contributed by atoms with Crippen molar-refractivity contribution in [1.29, 1.82) is 0 Å². The van der Waals surface area contributed by atoms with Crippen molar-refractivity contribution in [2.75, 3.05) is 26.3 Å². The van der Waals surface area contributed by atoms with E-state index in [2.05, 4.69) is 46.0 Å². The van der Waals surface area contributed by atoms with E-state index in [1.54, 1.807) is 0 Å². The molecule has 2 saturated heterocycles. The number of likely N-dealkylation sites (tertiary alicyclic amines) is 1. The third kappa shape index (κ3) is 2.63. The van der Waals surface area contributed by atoms with Crippen molar-refractivity contribution in [3.63, 3.8) is 0 Å². The van der Waals surface area contributed by atoms with Gasteiger partial charge in [-0.15, -0.1) is 0 Å². The molecule has 0 aliphatic carbocycles. The van der Waals surface area contributed by atoms with Crippen molar-refractivity contribution < 1.29 is 6.11 Å². The number of aryl methyl sites for hydroxylation is 1. The first-order valence-corrected chi connectivity index (χ1v) is 7.46. The van der Waals surface area contributed by atoms with E-state index >= 15 is 0 Å². The number of benzene rings is 1. The van der Waals surface area contributed by atoms with Gasteiger partial charge >= 0.3 is 0 Å². The molecular formula is C15H20BrNO. The Balaban J connectivity index is 1.66. The fourth-order valence-electron chi connectivity index (χ4n) is 2.91. The minimum Gasteiger partial charge on any atom is -0.378 e. The van der Waals surface area contributed by atoms with Gasteiger partial charge in [0.05, 0.1) is 20.6 Å². The van der Waals surface area contributed by atoms with Crippen LogP contribution in [0.3, 0.4) is 0 Å². The summed E-state index contributed by atoms with van der Waals surface area (Å²) in [6.07, 6.45) is 2.30. The highest BCUT2D eigenvalue weighted by molar-refractivity contribution is 9.10. The van der Waals surface area contributed by atoms with Crippen LogP contribution in [0, 0.1) is 6.92 Å². The molecule has 2 aliphatic heterocycles. The lowest BCUT2D eigenvalue weighted by Crippen LogP contribution is -2.51. The smallest absolute Gasteiger partial charge is 0.0645 e. The van der Waals surface area contributed by atoms with Crippen LogP contribution in [0.4, 0.5) is 0 Å². The van der Waals surface area contributed by atoms with Crippen molar-refractivity contribution in [2.24, 2.45) is 0 Å². The third-order valence-corrected chi connectivity index (χ3v) is 4.47. The number of ether oxygens (including phenoxy) is 1. The summed E-state index contributed by atoms with van der Waals surface area (Å²) in [4.78, 5) is 2.29. The molecule has 2 fully saturated rings. The number of rotatable bonds is 2. The molecule has 3 heteroatoms. The molecule has 3 rings (SSSR count). The summed E-state index contributed by atoms with van der Waals surface area (Å²) >= 11 is 3.59. The molecule has 98 valence electrons. The lowest BCUT2D eigenvalue weighted by atomic mass is 9.88. The summed E-state index contributed by atoms with van der Waals surface area (Å²) in [6, 6.07) is 6.27. The minimum absolute atomic E-state index is 0.432. The van der Waals surface area contributed by atoms with Crippen molar-refractivity contribution in [3.05, 3.63) is 33.8 Å². The number of piperidine rings is 1. The molecule has 0 unspecified atom stereocenters. The van der Waals surface area contributed by atoms with E-state index in [1.807, 2.05) is 0 Å². The highest BCUT2D eigenvalue weighted by atomic mass is 79.9. The van der Waals surface area contributed by atoms with Crippen LogP contribution in [0.5, 0.6) is 0 Å². The molecule has 0 atom stereocenters. The Kier molecular flexibility index (Phi) is 3.38. The van der Waals surface area contributed by atoms with Crippen molar-refractivity contribution in [3.8, 4) is 0 Å². The van der Waals surface area contributed by atoms with Crippen LogP contribution >= 0.6 is 15.9 Å². The Morgan fingerprint density at radius 2 is 2.00 bits per heavy atom. The summed E-state index contributed by atoms with van der Waals surface area (Å²) in [7, 11) is 0. The summed E-state index contributed by atoms with van der Waals surface area (Å²) in [5.74, 6) is 0.636. The van der Waals surface area contributed by atoms with Crippen LogP contribution in [-0.2, 0) is 4.74 Å². The van der Waals surface area contributed by atoms with Gasteiger partial charge in [0.2, 0.25) is 0 Å². The molecule has 0 amide bonds. The van der Waals surface area contributed by atoms with Gasteiger partial charge in [-0.25, -0.2) is 0 Å². The molecule has 0 aromatic heterocycles. The average Bonchev–Trinajstić information content (AvgIpc) is 2.35. The second kappa shape index (κ2) is 5.32. The van der Waals surface area contributed by atoms with E-state index in [4.69, 9.17) is 6.11 Å². The van der Waals surface area contributed by atoms with Gasteiger partial charge in [0, 0.05) is 4.47 Å². The Labute approximate surface area is 119 Å². The van der Waals surface area contributed by atoms with Gasteiger partial charge in [0.15, 0.2) is 0 Å². The zero-order valence-corrected chi connectivity index (χ0v) is 12.4. The Morgan fingerprint density at radius 3 is 2.56 bits per heavy atom.